The van der Waals surface area contributed by atoms with Crippen molar-refractivity contribution >= 4 is 21.1 Å². The Balaban J connectivity index is 1.64. The molecule has 0 aliphatic carbocycles. The minimum Gasteiger partial charge on any atom is -0.477 e. The topological polar surface area (TPSA) is 152 Å². The van der Waals surface area contributed by atoms with Gasteiger partial charge in [0.1, 0.15) is 27.5 Å². The first-order valence-electron chi connectivity index (χ1n) is 13.0. The highest BCUT2D eigenvalue weighted by Gasteiger charge is 2.30. The number of rotatable bonds is 9. The van der Waals surface area contributed by atoms with E-state index in [1.165, 1.54) is 29.0 Å². The number of hydrogen-bond acceptors (Lipinski definition) is 10. The normalized spacial score (nSPS) is 15.2. The lowest BCUT2D eigenvalue weighted by atomic mass is 10.2. The molecule has 5 rings (SSSR count). The van der Waals surface area contributed by atoms with E-state index in [9.17, 15) is 13.2 Å². The van der Waals surface area contributed by atoms with Crippen molar-refractivity contribution in [2.45, 2.75) is 38.6 Å². The molecule has 1 N–H and O–H groups in total. The summed E-state index contributed by atoms with van der Waals surface area (Å²) in [5, 5.41) is 4.89. The number of nitrogens with zero attached hydrogens (tertiary/aromatic N) is 8. The van der Waals surface area contributed by atoms with Crippen molar-refractivity contribution in [2.75, 3.05) is 39.3 Å². The molecule has 0 radical (unpaired) electrons. The fourth-order valence-corrected chi connectivity index (χ4v) is 6.00. The van der Waals surface area contributed by atoms with E-state index >= 15 is 0 Å². The Morgan fingerprint density at radius 1 is 1.05 bits per heavy atom. The molecule has 4 aromatic rings. The summed E-state index contributed by atoms with van der Waals surface area (Å²) in [6.45, 7) is 9.63. The number of aromatic nitrogens is 7. The number of H-pyrrole nitrogens is 1. The first-order chi connectivity index (χ1) is 18.9. The summed E-state index contributed by atoms with van der Waals surface area (Å²) >= 11 is 0. The highest BCUT2D eigenvalue weighted by atomic mass is 32.2. The van der Waals surface area contributed by atoms with E-state index in [1.807, 2.05) is 6.92 Å². The number of hydrogen-bond donors (Lipinski definition) is 1. The second-order valence-electron chi connectivity index (χ2n) is 9.07. The van der Waals surface area contributed by atoms with Gasteiger partial charge in [0.25, 0.3) is 5.56 Å². The van der Waals surface area contributed by atoms with Crippen molar-refractivity contribution < 1.29 is 13.2 Å². The van der Waals surface area contributed by atoms with Crippen LogP contribution in [0.2, 0.25) is 0 Å². The van der Waals surface area contributed by atoms with Crippen LogP contribution < -0.4 is 10.3 Å². The molecule has 1 aliphatic heterocycles. The van der Waals surface area contributed by atoms with Gasteiger partial charge in [0.15, 0.2) is 5.65 Å². The largest absolute Gasteiger partial charge is 0.477 e. The zero-order valence-electron chi connectivity index (χ0n) is 22.2. The van der Waals surface area contributed by atoms with E-state index in [1.54, 1.807) is 17.8 Å². The van der Waals surface area contributed by atoms with Gasteiger partial charge in [-0.2, -0.15) is 9.40 Å². The number of nitrogens with one attached hydrogen (secondary N) is 1. The van der Waals surface area contributed by atoms with Gasteiger partial charge in [-0.05, 0) is 26.0 Å². The molecule has 39 heavy (non-hydrogen) atoms. The molecular formula is C25H31N9O4S. The SMILES string of the molecule is CCCn1nc(-c2cnccn2)c2c(=O)[nH]c(-c3cc(S(=O)(=O)N4CCN(CC)CC4)cnc3OCC)nc21. The van der Waals surface area contributed by atoms with E-state index in [0.29, 0.717) is 56.4 Å². The highest BCUT2D eigenvalue weighted by molar-refractivity contribution is 7.89. The fraction of sp³-hybridized carbons (Fsp3) is 0.440. The summed E-state index contributed by atoms with van der Waals surface area (Å²) in [7, 11) is -3.82. The van der Waals surface area contributed by atoms with Crippen LogP contribution in [0.25, 0.3) is 33.8 Å². The van der Waals surface area contributed by atoms with Crippen molar-refractivity contribution in [1.29, 1.82) is 0 Å². The Labute approximate surface area is 225 Å². The maximum Gasteiger partial charge on any atom is 0.263 e. The van der Waals surface area contributed by atoms with Crippen molar-refractivity contribution in [1.82, 2.24) is 43.9 Å². The van der Waals surface area contributed by atoms with Gasteiger partial charge in [0.2, 0.25) is 15.9 Å². The van der Waals surface area contributed by atoms with Crippen LogP contribution in [-0.4, -0.2) is 91.7 Å². The van der Waals surface area contributed by atoms with Gasteiger partial charge < -0.3 is 14.6 Å². The minimum absolute atomic E-state index is 0.0102. The van der Waals surface area contributed by atoms with Gasteiger partial charge in [0.05, 0.1) is 24.6 Å². The predicted molar refractivity (Wildman–Crippen MR) is 145 cm³/mol. The number of ether oxygens (including phenoxy) is 1. The highest BCUT2D eigenvalue weighted by Crippen LogP contribution is 2.31. The summed E-state index contributed by atoms with van der Waals surface area (Å²) in [6.07, 6.45) is 6.66. The monoisotopic (exact) mass is 553 g/mol. The molecule has 0 bridgehead atoms. The quantitative estimate of drug-likeness (QED) is 0.325. The molecule has 0 unspecified atom stereocenters. The molecule has 14 heteroatoms. The van der Waals surface area contributed by atoms with Crippen LogP contribution in [-0.2, 0) is 16.6 Å². The molecule has 206 valence electrons. The molecule has 13 nitrogen and oxygen atoms in total. The third kappa shape index (κ3) is 5.14. The van der Waals surface area contributed by atoms with Crippen molar-refractivity contribution in [2.24, 2.45) is 0 Å². The maximum absolute atomic E-state index is 13.5. The van der Waals surface area contributed by atoms with Gasteiger partial charge >= 0.3 is 0 Å². The number of pyridine rings is 1. The first kappa shape index (κ1) is 26.8. The lowest BCUT2D eigenvalue weighted by Gasteiger charge is -2.33. The zero-order chi connectivity index (χ0) is 27.6. The molecule has 0 atom stereocenters. The molecular weight excluding hydrogens is 522 g/mol. The van der Waals surface area contributed by atoms with Crippen LogP contribution in [0.15, 0.2) is 40.5 Å². The average Bonchev–Trinajstić information content (AvgIpc) is 3.33. The van der Waals surface area contributed by atoms with Crippen LogP contribution in [0.4, 0.5) is 0 Å². The first-order valence-corrected chi connectivity index (χ1v) is 14.4. The predicted octanol–water partition coefficient (Wildman–Crippen LogP) is 1.77. The summed E-state index contributed by atoms with van der Waals surface area (Å²) in [4.78, 5) is 35.9. The van der Waals surface area contributed by atoms with Gasteiger partial charge in [-0.1, -0.05) is 13.8 Å². The summed E-state index contributed by atoms with van der Waals surface area (Å²) in [5.41, 5.74) is 1.00. The van der Waals surface area contributed by atoms with E-state index in [-0.39, 0.29) is 27.5 Å². The number of aryl methyl sites for hydroxylation is 1. The van der Waals surface area contributed by atoms with E-state index in [0.717, 1.165) is 13.0 Å². The molecule has 1 fully saturated rings. The van der Waals surface area contributed by atoms with Crippen LogP contribution >= 0.6 is 0 Å². The third-order valence-corrected chi connectivity index (χ3v) is 8.49. The molecule has 0 saturated carbocycles. The van der Waals surface area contributed by atoms with Crippen molar-refractivity contribution in [3.8, 4) is 28.7 Å². The van der Waals surface area contributed by atoms with Crippen LogP contribution in [0.5, 0.6) is 5.88 Å². The molecule has 1 saturated heterocycles. The molecule has 5 heterocycles. The molecule has 0 aromatic carbocycles. The van der Waals surface area contributed by atoms with Crippen LogP contribution in [0.3, 0.4) is 0 Å². The number of likely N-dealkylation sites (N-methyl/N-ethyl adjacent to an activating group) is 1. The third-order valence-electron chi connectivity index (χ3n) is 6.62. The van der Waals surface area contributed by atoms with Gasteiger partial charge in [-0.15, -0.1) is 0 Å². The van der Waals surface area contributed by atoms with E-state index in [2.05, 4.69) is 36.9 Å². The van der Waals surface area contributed by atoms with Crippen LogP contribution in [0, 0.1) is 0 Å². The molecule has 1 aliphatic rings. The Kier molecular flexibility index (Phi) is 7.68. The Bertz CT molecular complexity index is 1630. The second-order valence-corrected chi connectivity index (χ2v) is 11.0. The molecule has 0 spiro atoms. The Morgan fingerprint density at radius 3 is 2.51 bits per heavy atom. The van der Waals surface area contributed by atoms with Crippen molar-refractivity contribution in [3.63, 3.8) is 0 Å². The van der Waals surface area contributed by atoms with Gasteiger partial charge in [-0.3, -0.25) is 14.8 Å². The van der Waals surface area contributed by atoms with Crippen LogP contribution in [0.1, 0.15) is 27.2 Å². The summed E-state index contributed by atoms with van der Waals surface area (Å²) in [6, 6.07) is 1.47. The maximum atomic E-state index is 13.5. The second kappa shape index (κ2) is 11.2. The average molecular weight is 554 g/mol. The van der Waals surface area contributed by atoms with Gasteiger partial charge in [-0.25, -0.2) is 23.1 Å². The lowest BCUT2D eigenvalue weighted by Crippen LogP contribution is -2.48. The Morgan fingerprint density at radius 2 is 1.85 bits per heavy atom. The van der Waals surface area contributed by atoms with E-state index < -0.39 is 15.6 Å². The molecule has 4 aromatic heterocycles. The van der Waals surface area contributed by atoms with Gasteiger partial charge in [0, 0.05) is 45.1 Å². The summed E-state index contributed by atoms with van der Waals surface area (Å²) < 4.78 is 35.9. The van der Waals surface area contributed by atoms with E-state index in [4.69, 9.17) is 9.72 Å². The summed E-state index contributed by atoms with van der Waals surface area (Å²) in [5.74, 6) is 0.310. The van der Waals surface area contributed by atoms with Crippen molar-refractivity contribution in [3.05, 3.63) is 41.2 Å². The Hall–Kier alpha value is -3.75. The fourth-order valence-electron chi connectivity index (χ4n) is 4.61. The minimum atomic E-state index is -3.82. The smallest absolute Gasteiger partial charge is 0.263 e. The number of fused-ring (bicyclic) bond motifs is 1. The number of sulfonamides is 1. The number of aromatic amines is 1. The standard InChI is InChI=1S/C25H31N9O4S/c1-4-9-34-23-20(21(31-34)19-16-26-7-8-27-19)24(35)30-22(29-23)18-14-17(15-28-25(18)38-6-3)39(36,37)33-12-10-32(5-2)11-13-33/h7-8,14-16H,4-6,9-13H2,1-3H3,(H,29,30,35). The zero-order valence-corrected chi connectivity index (χ0v) is 23.0. The molecule has 0 amide bonds. The lowest BCUT2D eigenvalue weighted by molar-refractivity contribution is 0.196. The number of piperazine rings is 1.